The van der Waals surface area contributed by atoms with Crippen molar-refractivity contribution in [2.45, 2.75) is 13.3 Å². The molecule has 0 aromatic carbocycles. The van der Waals surface area contributed by atoms with Crippen LogP contribution in [0.4, 0.5) is 10.9 Å². The second-order valence-electron chi connectivity index (χ2n) is 4.16. The van der Waals surface area contributed by atoms with Crippen LogP contribution in [-0.4, -0.2) is 48.5 Å². The summed E-state index contributed by atoms with van der Waals surface area (Å²) < 4.78 is 0. The maximum atomic E-state index is 12.4. The Kier molecular flexibility index (Phi) is 4.38. The molecule has 0 saturated carbocycles. The standard InChI is InChI=1S/C11H19N5OS/c1-2-14-11-15-9(12)8(18-11)10(17)16-6-3-4-13-5-7-16/h13H,2-7,12H2,1H3,(H,14,15). The third kappa shape index (κ3) is 2.91. The van der Waals surface area contributed by atoms with Gasteiger partial charge in [0.15, 0.2) is 5.13 Å². The highest BCUT2D eigenvalue weighted by Gasteiger charge is 2.22. The molecule has 0 bridgehead atoms. The van der Waals surface area contributed by atoms with Crippen molar-refractivity contribution in [3.05, 3.63) is 4.88 Å². The highest BCUT2D eigenvalue weighted by atomic mass is 32.1. The minimum atomic E-state index is -0.00199. The van der Waals surface area contributed by atoms with Gasteiger partial charge in [0, 0.05) is 26.2 Å². The van der Waals surface area contributed by atoms with Gasteiger partial charge in [0.2, 0.25) is 0 Å². The van der Waals surface area contributed by atoms with Crippen LogP contribution in [0.15, 0.2) is 0 Å². The molecule has 1 aliphatic heterocycles. The highest BCUT2D eigenvalue weighted by molar-refractivity contribution is 7.18. The lowest BCUT2D eigenvalue weighted by molar-refractivity contribution is 0.0772. The van der Waals surface area contributed by atoms with E-state index in [0.717, 1.165) is 39.1 Å². The van der Waals surface area contributed by atoms with Crippen molar-refractivity contribution in [2.24, 2.45) is 0 Å². The lowest BCUT2D eigenvalue weighted by atomic mass is 10.3. The molecular weight excluding hydrogens is 250 g/mol. The number of anilines is 2. The summed E-state index contributed by atoms with van der Waals surface area (Å²) in [4.78, 5) is 18.9. The molecule has 7 heteroatoms. The average Bonchev–Trinajstić information content (AvgIpc) is 2.57. The summed E-state index contributed by atoms with van der Waals surface area (Å²) in [5.41, 5.74) is 5.81. The molecule has 1 aromatic rings. The van der Waals surface area contributed by atoms with Crippen molar-refractivity contribution in [1.29, 1.82) is 0 Å². The number of nitrogens with one attached hydrogen (secondary N) is 2. The summed E-state index contributed by atoms with van der Waals surface area (Å²) in [5.74, 6) is 0.330. The Balaban J connectivity index is 2.11. The molecule has 1 aliphatic rings. The van der Waals surface area contributed by atoms with Crippen molar-refractivity contribution < 1.29 is 4.79 Å². The summed E-state index contributed by atoms with van der Waals surface area (Å²) in [7, 11) is 0. The largest absolute Gasteiger partial charge is 0.382 e. The highest BCUT2D eigenvalue weighted by Crippen LogP contribution is 2.26. The smallest absolute Gasteiger partial charge is 0.267 e. The van der Waals surface area contributed by atoms with E-state index in [1.54, 1.807) is 0 Å². The van der Waals surface area contributed by atoms with Crippen molar-refractivity contribution in [2.75, 3.05) is 43.8 Å². The van der Waals surface area contributed by atoms with Crippen LogP contribution in [-0.2, 0) is 0 Å². The lowest BCUT2D eigenvalue weighted by Crippen LogP contribution is -2.34. The predicted octanol–water partition coefficient (Wildman–Crippen LogP) is 0.593. The summed E-state index contributed by atoms with van der Waals surface area (Å²) in [6, 6.07) is 0. The number of rotatable bonds is 3. The van der Waals surface area contributed by atoms with Crippen molar-refractivity contribution in [3.8, 4) is 0 Å². The SMILES string of the molecule is CCNc1nc(N)c(C(=O)N2CCCNCC2)s1. The molecule has 18 heavy (non-hydrogen) atoms. The van der Waals surface area contributed by atoms with Gasteiger partial charge in [-0.05, 0) is 19.9 Å². The molecule has 0 spiro atoms. The fourth-order valence-electron chi connectivity index (χ4n) is 1.90. The second-order valence-corrected chi connectivity index (χ2v) is 5.16. The fraction of sp³-hybridized carbons (Fsp3) is 0.636. The van der Waals surface area contributed by atoms with Gasteiger partial charge in [-0.25, -0.2) is 4.98 Å². The van der Waals surface area contributed by atoms with E-state index in [1.807, 2.05) is 11.8 Å². The summed E-state index contributed by atoms with van der Waals surface area (Å²) in [6.07, 6.45) is 0.977. The molecule has 0 radical (unpaired) electrons. The van der Waals surface area contributed by atoms with Crippen LogP contribution in [0.2, 0.25) is 0 Å². The van der Waals surface area contributed by atoms with Crippen LogP contribution in [0.1, 0.15) is 23.0 Å². The molecule has 0 unspecified atom stereocenters. The molecule has 6 nitrogen and oxygen atoms in total. The number of nitrogens with two attached hydrogens (primary N) is 1. The van der Waals surface area contributed by atoms with Crippen molar-refractivity contribution >= 4 is 28.2 Å². The number of amides is 1. The van der Waals surface area contributed by atoms with Gasteiger partial charge in [-0.1, -0.05) is 11.3 Å². The zero-order valence-corrected chi connectivity index (χ0v) is 11.3. The van der Waals surface area contributed by atoms with Gasteiger partial charge in [0.1, 0.15) is 10.7 Å². The normalized spacial score (nSPS) is 16.4. The monoisotopic (exact) mass is 269 g/mol. The number of hydrogen-bond acceptors (Lipinski definition) is 6. The first-order chi connectivity index (χ1) is 8.72. The number of thiazole rings is 1. The summed E-state index contributed by atoms with van der Waals surface area (Å²) in [5, 5.41) is 7.07. The molecular formula is C11H19N5OS. The van der Waals surface area contributed by atoms with Crippen molar-refractivity contribution in [1.82, 2.24) is 15.2 Å². The number of carbonyl (C=O) groups excluding carboxylic acids is 1. The maximum absolute atomic E-state index is 12.4. The number of nitrogen functional groups attached to an aromatic ring is 1. The molecule has 1 amide bonds. The van der Waals surface area contributed by atoms with Crippen molar-refractivity contribution in [3.63, 3.8) is 0 Å². The van der Waals surface area contributed by atoms with E-state index >= 15 is 0 Å². The summed E-state index contributed by atoms with van der Waals surface area (Å²) in [6.45, 7) is 6.06. The Hall–Kier alpha value is -1.34. The Morgan fingerprint density at radius 3 is 3.17 bits per heavy atom. The quantitative estimate of drug-likeness (QED) is 0.748. The predicted molar refractivity (Wildman–Crippen MR) is 74.1 cm³/mol. The first-order valence-electron chi connectivity index (χ1n) is 6.22. The zero-order valence-electron chi connectivity index (χ0n) is 10.5. The third-order valence-corrected chi connectivity index (χ3v) is 3.82. The fourth-order valence-corrected chi connectivity index (χ4v) is 2.82. The molecule has 4 N–H and O–H groups in total. The van der Waals surface area contributed by atoms with Gasteiger partial charge < -0.3 is 21.3 Å². The second kappa shape index (κ2) is 6.01. The first kappa shape index (κ1) is 13.1. The van der Waals surface area contributed by atoms with Gasteiger partial charge in [0.05, 0.1) is 0 Å². The first-order valence-corrected chi connectivity index (χ1v) is 7.04. The molecule has 1 saturated heterocycles. The van der Waals surface area contributed by atoms with E-state index in [9.17, 15) is 4.79 Å². The third-order valence-electron chi connectivity index (χ3n) is 2.80. The van der Waals surface area contributed by atoms with Gasteiger partial charge in [-0.2, -0.15) is 0 Å². The molecule has 100 valence electrons. The molecule has 2 rings (SSSR count). The Morgan fingerprint density at radius 2 is 2.39 bits per heavy atom. The van der Waals surface area contributed by atoms with E-state index in [-0.39, 0.29) is 5.91 Å². The van der Waals surface area contributed by atoms with E-state index in [0.29, 0.717) is 15.8 Å². The average molecular weight is 269 g/mol. The maximum Gasteiger partial charge on any atom is 0.267 e. The molecule has 0 atom stereocenters. The Bertz CT molecular complexity index is 412. The summed E-state index contributed by atoms with van der Waals surface area (Å²) >= 11 is 1.33. The van der Waals surface area contributed by atoms with Crippen LogP contribution in [0.3, 0.4) is 0 Å². The van der Waals surface area contributed by atoms with Gasteiger partial charge in [-0.3, -0.25) is 4.79 Å². The lowest BCUT2D eigenvalue weighted by Gasteiger charge is -2.18. The number of carbonyl (C=O) groups is 1. The minimum Gasteiger partial charge on any atom is -0.382 e. The van der Waals surface area contributed by atoms with Crippen LogP contribution in [0.25, 0.3) is 0 Å². The Labute approximate surface area is 111 Å². The number of nitrogens with zero attached hydrogens (tertiary/aromatic N) is 2. The van der Waals surface area contributed by atoms with Gasteiger partial charge >= 0.3 is 0 Å². The van der Waals surface area contributed by atoms with E-state index in [2.05, 4.69) is 15.6 Å². The van der Waals surface area contributed by atoms with Crippen LogP contribution in [0, 0.1) is 0 Å². The zero-order chi connectivity index (χ0) is 13.0. The van der Waals surface area contributed by atoms with E-state index < -0.39 is 0 Å². The van der Waals surface area contributed by atoms with Crippen LogP contribution in [0.5, 0.6) is 0 Å². The van der Waals surface area contributed by atoms with Gasteiger partial charge in [-0.15, -0.1) is 0 Å². The van der Waals surface area contributed by atoms with Gasteiger partial charge in [0.25, 0.3) is 5.91 Å². The minimum absolute atomic E-state index is 0.00199. The van der Waals surface area contributed by atoms with E-state index in [1.165, 1.54) is 11.3 Å². The number of aromatic nitrogens is 1. The number of hydrogen-bond donors (Lipinski definition) is 3. The van der Waals surface area contributed by atoms with E-state index in [4.69, 9.17) is 5.73 Å². The molecule has 1 aromatic heterocycles. The topological polar surface area (TPSA) is 83.3 Å². The Morgan fingerprint density at radius 1 is 1.56 bits per heavy atom. The molecule has 0 aliphatic carbocycles. The molecule has 1 fully saturated rings. The van der Waals surface area contributed by atoms with Crippen LogP contribution >= 0.6 is 11.3 Å². The molecule has 2 heterocycles. The van der Waals surface area contributed by atoms with Crippen LogP contribution < -0.4 is 16.4 Å².